The summed E-state index contributed by atoms with van der Waals surface area (Å²) in [5.74, 6) is 0.343. The number of carbonyl (C=O) groups is 1. The first kappa shape index (κ1) is 14.1. The Kier molecular flexibility index (Phi) is 3.92. The van der Waals surface area contributed by atoms with Gasteiger partial charge < -0.3 is 4.90 Å². The molecule has 1 amide bonds. The first-order valence-electron chi connectivity index (χ1n) is 7.06. The fourth-order valence-electron chi connectivity index (χ4n) is 2.84. The number of rotatable bonds is 2. The van der Waals surface area contributed by atoms with Crippen LogP contribution in [0, 0.1) is 6.92 Å². The molecule has 1 fully saturated rings. The minimum absolute atomic E-state index is 0.0200. The zero-order chi connectivity index (χ0) is 14.8. The van der Waals surface area contributed by atoms with E-state index >= 15 is 0 Å². The maximum absolute atomic E-state index is 12.6. The summed E-state index contributed by atoms with van der Waals surface area (Å²) < 4.78 is 0. The Balaban J connectivity index is 1.78. The molecule has 0 saturated carbocycles. The van der Waals surface area contributed by atoms with Crippen LogP contribution in [-0.2, 0) is 0 Å². The average molecular weight is 305 g/mol. The second-order valence-electron chi connectivity index (χ2n) is 5.42. The highest BCUT2D eigenvalue weighted by Crippen LogP contribution is 2.26. The largest absolute Gasteiger partial charge is 0.338 e. The second kappa shape index (κ2) is 5.85. The zero-order valence-electron chi connectivity index (χ0n) is 11.8. The van der Waals surface area contributed by atoms with Crippen molar-refractivity contribution in [2.24, 2.45) is 0 Å². The topological polar surface area (TPSA) is 61.9 Å². The van der Waals surface area contributed by atoms with Crippen molar-refractivity contribution in [3.8, 4) is 0 Å². The van der Waals surface area contributed by atoms with Crippen LogP contribution in [0.4, 0.5) is 0 Å². The summed E-state index contributed by atoms with van der Waals surface area (Å²) in [5.41, 5.74) is 2.46. The summed E-state index contributed by atoms with van der Waals surface area (Å²) in [6.07, 6.45) is 3.82. The van der Waals surface area contributed by atoms with Gasteiger partial charge in [-0.1, -0.05) is 11.6 Å². The highest BCUT2D eigenvalue weighted by atomic mass is 35.5. The molecule has 0 aromatic carbocycles. The van der Waals surface area contributed by atoms with E-state index in [1.54, 1.807) is 18.3 Å². The van der Waals surface area contributed by atoms with E-state index in [1.165, 1.54) is 0 Å². The Morgan fingerprint density at radius 3 is 3.05 bits per heavy atom. The van der Waals surface area contributed by atoms with Crippen LogP contribution in [0.2, 0.25) is 5.15 Å². The van der Waals surface area contributed by atoms with Crippen molar-refractivity contribution in [3.63, 3.8) is 0 Å². The summed E-state index contributed by atoms with van der Waals surface area (Å²) in [6.45, 7) is 3.33. The van der Waals surface area contributed by atoms with Gasteiger partial charge in [0.2, 0.25) is 0 Å². The molecule has 1 unspecified atom stereocenters. The summed E-state index contributed by atoms with van der Waals surface area (Å²) in [7, 11) is 0. The van der Waals surface area contributed by atoms with E-state index in [0.29, 0.717) is 23.2 Å². The zero-order valence-corrected chi connectivity index (χ0v) is 12.6. The molecule has 3 rings (SSSR count). The van der Waals surface area contributed by atoms with Crippen molar-refractivity contribution >= 4 is 17.5 Å². The lowest BCUT2D eigenvalue weighted by molar-refractivity contribution is 0.0705. The Morgan fingerprint density at radius 1 is 1.48 bits per heavy atom. The van der Waals surface area contributed by atoms with Crippen LogP contribution >= 0.6 is 11.6 Å². The summed E-state index contributed by atoms with van der Waals surface area (Å²) in [6, 6.07) is 5.40. The third kappa shape index (κ3) is 3.08. The lowest BCUT2D eigenvalue weighted by atomic mass is 9.94. The molecule has 1 saturated heterocycles. The number of piperidine rings is 1. The number of pyridine rings is 1. The van der Waals surface area contributed by atoms with E-state index < -0.39 is 0 Å². The number of hydrogen-bond acceptors (Lipinski definition) is 3. The van der Waals surface area contributed by atoms with Crippen LogP contribution in [0.3, 0.4) is 0 Å². The van der Waals surface area contributed by atoms with Gasteiger partial charge in [0.25, 0.3) is 5.91 Å². The number of hydrogen-bond donors (Lipinski definition) is 1. The Labute approximate surface area is 128 Å². The van der Waals surface area contributed by atoms with Crippen molar-refractivity contribution < 1.29 is 4.79 Å². The molecule has 1 N–H and O–H groups in total. The third-order valence-corrected chi connectivity index (χ3v) is 4.03. The number of aromatic nitrogens is 3. The number of H-pyrrole nitrogens is 1. The molecular weight excluding hydrogens is 288 g/mol. The number of aryl methyl sites for hydroxylation is 1. The van der Waals surface area contributed by atoms with Gasteiger partial charge in [0.1, 0.15) is 5.15 Å². The maximum atomic E-state index is 12.6. The second-order valence-corrected chi connectivity index (χ2v) is 5.81. The quantitative estimate of drug-likeness (QED) is 0.868. The highest BCUT2D eigenvalue weighted by molar-refractivity contribution is 6.29. The number of carbonyl (C=O) groups excluding carboxylic acids is 1. The van der Waals surface area contributed by atoms with Gasteiger partial charge in [-0.2, -0.15) is 5.10 Å². The monoisotopic (exact) mass is 304 g/mol. The number of aromatic amines is 1. The standard InChI is InChI=1S/C15H17ClN4O/c1-10-7-12(8-14(16)18-10)15(21)20-6-2-3-11(9-20)13-4-5-17-19-13/h4-5,7-8,11H,2-3,6,9H2,1H3,(H,17,19). The van der Waals surface area contributed by atoms with Gasteiger partial charge in [0.15, 0.2) is 0 Å². The van der Waals surface area contributed by atoms with Crippen LogP contribution in [0.25, 0.3) is 0 Å². The van der Waals surface area contributed by atoms with Gasteiger partial charge in [-0.05, 0) is 38.0 Å². The van der Waals surface area contributed by atoms with Crippen LogP contribution < -0.4 is 0 Å². The first-order chi connectivity index (χ1) is 10.1. The molecule has 6 heteroatoms. The van der Waals surface area contributed by atoms with Crippen molar-refractivity contribution in [3.05, 3.63) is 46.5 Å². The number of nitrogens with zero attached hydrogens (tertiary/aromatic N) is 3. The molecule has 5 nitrogen and oxygen atoms in total. The van der Waals surface area contributed by atoms with Gasteiger partial charge in [0.05, 0.1) is 0 Å². The SMILES string of the molecule is Cc1cc(C(=O)N2CCCC(c3ccn[nH]3)C2)cc(Cl)n1. The van der Waals surface area contributed by atoms with E-state index in [2.05, 4.69) is 15.2 Å². The van der Waals surface area contributed by atoms with E-state index in [1.807, 2.05) is 17.9 Å². The van der Waals surface area contributed by atoms with Crippen molar-refractivity contribution in [2.45, 2.75) is 25.7 Å². The molecule has 3 heterocycles. The predicted octanol–water partition coefficient (Wildman–Crippen LogP) is 2.79. The summed E-state index contributed by atoms with van der Waals surface area (Å²) >= 11 is 5.95. The average Bonchev–Trinajstić information content (AvgIpc) is 3.00. The number of amides is 1. The lowest BCUT2D eigenvalue weighted by Gasteiger charge is -2.32. The minimum atomic E-state index is 0.0200. The molecule has 110 valence electrons. The molecule has 0 aliphatic carbocycles. The maximum Gasteiger partial charge on any atom is 0.254 e. The molecule has 1 aliphatic heterocycles. The molecule has 21 heavy (non-hydrogen) atoms. The van der Waals surface area contributed by atoms with Gasteiger partial charge >= 0.3 is 0 Å². The Hall–Kier alpha value is -1.88. The first-order valence-corrected chi connectivity index (χ1v) is 7.44. The predicted molar refractivity (Wildman–Crippen MR) is 80.5 cm³/mol. The van der Waals surface area contributed by atoms with Gasteiger partial charge in [-0.3, -0.25) is 9.89 Å². The Morgan fingerprint density at radius 2 is 2.33 bits per heavy atom. The van der Waals surface area contributed by atoms with E-state index in [4.69, 9.17) is 11.6 Å². The number of likely N-dealkylation sites (tertiary alicyclic amines) is 1. The van der Waals surface area contributed by atoms with Gasteiger partial charge in [0, 0.05) is 42.2 Å². The highest BCUT2D eigenvalue weighted by Gasteiger charge is 2.26. The summed E-state index contributed by atoms with van der Waals surface area (Å²) in [4.78, 5) is 18.6. The fourth-order valence-corrected chi connectivity index (χ4v) is 3.09. The van der Waals surface area contributed by atoms with Crippen molar-refractivity contribution in [1.82, 2.24) is 20.1 Å². The molecule has 0 bridgehead atoms. The van der Waals surface area contributed by atoms with Crippen LogP contribution in [0.1, 0.15) is 40.5 Å². The smallest absolute Gasteiger partial charge is 0.254 e. The normalized spacial score (nSPS) is 18.8. The molecule has 2 aromatic heterocycles. The van der Waals surface area contributed by atoms with Crippen molar-refractivity contribution in [2.75, 3.05) is 13.1 Å². The number of halogens is 1. The van der Waals surface area contributed by atoms with E-state index in [0.717, 1.165) is 30.8 Å². The lowest BCUT2D eigenvalue weighted by Crippen LogP contribution is -2.39. The van der Waals surface area contributed by atoms with Gasteiger partial charge in [-0.25, -0.2) is 4.98 Å². The molecule has 2 aromatic rings. The van der Waals surface area contributed by atoms with Crippen LogP contribution in [0.5, 0.6) is 0 Å². The number of nitrogens with one attached hydrogen (secondary N) is 1. The van der Waals surface area contributed by atoms with E-state index in [-0.39, 0.29) is 5.91 Å². The Bertz CT molecular complexity index is 621. The molecular formula is C15H17ClN4O. The minimum Gasteiger partial charge on any atom is -0.338 e. The van der Waals surface area contributed by atoms with E-state index in [9.17, 15) is 4.79 Å². The van der Waals surface area contributed by atoms with Crippen LogP contribution in [0.15, 0.2) is 24.4 Å². The van der Waals surface area contributed by atoms with Crippen molar-refractivity contribution in [1.29, 1.82) is 0 Å². The molecule has 1 atom stereocenters. The fraction of sp³-hybridized carbons (Fsp3) is 0.400. The molecule has 0 radical (unpaired) electrons. The molecule has 1 aliphatic rings. The van der Waals surface area contributed by atoms with Crippen LogP contribution in [-0.4, -0.2) is 39.1 Å². The molecule has 0 spiro atoms. The summed E-state index contributed by atoms with van der Waals surface area (Å²) in [5, 5.41) is 7.36. The van der Waals surface area contributed by atoms with Gasteiger partial charge in [-0.15, -0.1) is 0 Å². The third-order valence-electron chi connectivity index (χ3n) is 3.84.